The molecule has 0 aliphatic rings. The van der Waals surface area contributed by atoms with Crippen LogP contribution in [0.25, 0.3) is 0 Å². The zero-order chi connectivity index (χ0) is 15.3. The van der Waals surface area contributed by atoms with E-state index in [1.165, 1.54) is 12.1 Å². The second-order valence-corrected chi connectivity index (χ2v) is 3.89. The maximum absolute atomic E-state index is 12.4. The molecule has 0 saturated carbocycles. The summed E-state index contributed by atoms with van der Waals surface area (Å²) in [7, 11) is 1.09. The highest BCUT2D eigenvalue weighted by atomic mass is 35.5. The van der Waals surface area contributed by atoms with E-state index < -0.39 is 24.5 Å². The van der Waals surface area contributed by atoms with Crippen molar-refractivity contribution in [3.05, 3.63) is 28.8 Å². The lowest BCUT2D eigenvalue weighted by molar-refractivity contribution is -0.275. The van der Waals surface area contributed by atoms with E-state index in [0.29, 0.717) is 0 Å². The van der Waals surface area contributed by atoms with Gasteiger partial charge in [-0.15, -0.1) is 24.8 Å². The van der Waals surface area contributed by atoms with E-state index in [4.69, 9.17) is 16.9 Å². The Morgan fingerprint density at radius 1 is 1.45 bits per heavy atom. The molecule has 0 radical (unpaired) electrons. The summed E-state index contributed by atoms with van der Waals surface area (Å²) < 4.78 is 45.6. The molecule has 4 nitrogen and oxygen atoms in total. The molecule has 0 atom stereocenters. The highest BCUT2D eigenvalue weighted by molar-refractivity contribution is 6.17. The summed E-state index contributed by atoms with van der Waals surface area (Å²) in [6.07, 6.45) is -5.48. The van der Waals surface area contributed by atoms with Crippen molar-refractivity contribution in [1.29, 1.82) is 5.26 Å². The van der Waals surface area contributed by atoms with Crippen LogP contribution in [0.15, 0.2) is 12.1 Å². The summed E-state index contributed by atoms with van der Waals surface area (Å²) in [5, 5.41) is 8.92. The van der Waals surface area contributed by atoms with E-state index in [1.807, 2.05) is 0 Å². The molecule has 0 fully saturated rings. The molecule has 0 aliphatic carbocycles. The van der Waals surface area contributed by atoms with Gasteiger partial charge in [0.05, 0.1) is 31.0 Å². The average molecular weight is 308 g/mol. The number of hydrogen-bond acceptors (Lipinski definition) is 4. The molecule has 0 unspecified atom stereocenters. The third-order valence-corrected chi connectivity index (χ3v) is 2.66. The molecule has 0 spiro atoms. The van der Waals surface area contributed by atoms with Gasteiger partial charge >= 0.3 is 12.3 Å². The highest BCUT2D eigenvalue weighted by Crippen LogP contribution is 2.33. The monoisotopic (exact) mass is 307 g/mol. The van der Waals surface area contributed by atoms with Crippen molar-refractivity contribution in [1.82, 2.24) is 0 Å². The number of alkyl halides is 4. The second kappa shape index (κ2) is 6.48. The first-order valence-electron chi connectivity index (χ1n) is 5.25. The summed E-state index contributed by atoms with van der Waals surface area (Å²) in [4.78, 5) is 11.3. The smallest absolute Gasteiger partial charge is 0.469 e. The predicted molar refractivity (Wildman–Crippen MR) is 63.1 cm³/mol. The van der Waals surface area contributed by atoms with Crippen molar-refractivity contribution >= 4 is 17.6 Å². The van der Waals surface area contributed by atoms with E-state index in [2.05, 4.69) is 9.47 Å². The number of esters is 1. The van der Waals surface area contributed by atoms with Crippen LogP contribution in [0.1, 0.15) is 16.7 Å². The van der Waals surface area contributed by atoms with Gasteiger partial charge in [0.2, 0.25) is 0 Å². The van der Waals surface area contributed by atoms with Crippen LogP contribution in [0.2, 0.25) is 0 Å². The van der Waals surface area contributed by atoms with Crippen LogP contribution in [0, 0.1) is 11.3 Å². The molecule has 1 rings (SSSR count). The fourth-order valence-electron chi connectivity index (χ4n) is 1.52. The molecule has 20 heavy (non-hydrogen) atoms. The number of carbonyl (C=O) groups excluding carboxylic acids is 1. The molecule has 0 heterocycles. The lowest BCUT2D eigenvalue weighted by Crippen LogP contribution is -2.20. The summed E-state index contributed by atoms with van der Waals surface area (Å²) in [5.74, 6) is -1.68. The van der Waals surface area contributed by atoms with Gasteiger partial charge < -0.3 is 9.47 Å². The number of nitriles is 1. The molecule has 0 N–H and O–H groups in total. The molecular formula is C12H9ClF3NO3. The van der Waals surface area contributed by atoms with Gasteiger partial charge in [0.1, 0.15) is 5.75 Å². The molecular weight excluding hydrogens is 299 g/mol. The Kier molecular flexibility index (Phi) is 5.22. The topological polar surface area (TPSA) is 59.3 Å². The van der Waals surface area contributed by atoms with Gasteiger partial charge in [0.25, 0.3) is 0 Å². The van der Waals surface area contributed by atoms with Gasteiger partial charge in [0, 0.05) is 11.1 Å². The first-order valence-corrected chi connectivity index (χ1v) is 5.79. The molecule has 108 valence electrons. The van der Waals surface area contributed by atoms with Crippen LogP contribution in [0.5, 0.6) is 5.75 Å². The zero-order valence-electron chi connectivity index (χ0n) is 10.3. The summed E-state index contributed by atoms with van der Waals surface area (Å²) >= 11 is 5.55. The lowest BCUT2D eigenvalue weighted by Gasteiger charge is -2.17. The van der Waals surface area contributed by atoms with Crippen LogP contribution in [0.3, 0.4) is 0 Å². The molecule has 1 aromatic rings. The van der Waals surface area contributed by atoms with Crippen molar-refractivity contribution < 1.29 is 27.4 Å². The van der Waals surface area contributed by atoms with Gasteiger partial charge in [-0.1, -0.05) is 6.07 Å². The van der Waals surface area contributed by atoms with Crippen LogP contribution >= 0.6 is 11.6 Å². The fraction of sp³-hybridized carbons (Fsp3) is 0.333. The standard InChI is InChI=1S/C12H9ClF3NO3/c1-19-10(18)4-9-8(6-17)3-2-7(5-13)11(9)20-12(14,15)16/h2-3H,4-5H2,1H3. The van der Waals surface area contributed by atoms with Crippen molar-refractivity contribution in [3.63, 3.8) is 0 Å². The van der Waals surface area contributed by atoms with Gasteiger partial charge in [0.15, 0.2) is 0 Å². The Labute approximate surface area is 117 Å². The maximum Gasteiger partial charge on any atom is 0.573 e. The van der Waals surface area contributed by atoms with Crippen LogP contribution < -0.4 is 4.74 Å². The number of benzene rings is 1. The number of ether oxygens (including phenoxy) is 2. The summed E-state index contributed by atoms with van der Waals surface area (Å²) in [6, 6.07) is 4.22. The van der Waals surface area contributed by atoms with E-state index >= 15 is 0 Å². The quantitative estimate of drug-likeness (QED) is 0.634. The van der Waals surface area contributed by atoms with Crippen LogP contribution in [0.4, 0.5) is 13.2 Å². The molecule has 0 bridgehead atoms. The number of halogens is 4. The van der Waals surface area contributed by atoms with Crippen LogP contribution in [-0.4, -0.2) is 19.4 Å². The molecule has 8 heteroatoms. The molecule has 0 aromatic heterocycles. The van der Waals surface area contributed by atoms with Gasteiger partial charge in [-0.2, -0.15) is 5.26 Å². The summed E-state index contributed by atoms with van der Waals surface area (Å²) in [5.41, 5.74) is -0.278. The molecule has 0 aliphatic heterocycles. The Morgan fingerprint density at radius 3 is 2.55 bits per heavy atom. The maximum atomic E-state index is 12.4. The first-order chi connectivity index (χ1) is 9.32. The van der Waals surface area contributed by atoms with Crippen molar-refractivity contribution in [3.8, 4) is 11.8 Å². The van der Waals surface area contributed by atoms with Crippen LogP contribution in [-0.2, 0) is 21.8 Å². The largest absolute Gasteiger partial charge is 0.573 e. The van der Waals surface area contributed by atoms with Crippen molar-refractivity contribution in [2.24, 2.45) is 0 Å². The first kappa shape index (κ1) is 16.1. The van der Waals surface area contributed by atoms with Crippen molar-refractivity contribution in [2.75, 3.05) is 7.11 Å². The third-order valence-electron chi connectivity index (χ3n) is 2.37. The lowest BCUT2D eigenvalue weighted by atomic mass is 10.0. The number of hydrogen-bond donors (Lipinski definition) is 0. The summed E-state index contributed by atoms with van der Waals surface area (Å²) in [6.45, 7) is 0. The number of nitrogens with zero attached hydrogens (tertiary/aromatic N) is 1. The Balaban J connectivity index is 3.40. The van der Waals surface area contributed by atoms with Gasteiger partial charge in [-0.25, -0.2) is 0 Å². The van der Waals surface area contributed by atoms with Gasteiger partial charge in [-0.05, 0) is 6.07 Å². The number of rotatable bonds is 4. The normalized spacial score (nSPS) is 10.8. The van der Waals surface area contributed by atoms with Gasteiger partial charge in [-0.3, -0.25) is 4.79 Å². The second-order valence-electron chi connectivity index (χ2n) is 3.63. The van der Waals surface area contributed by atoms with E-state index in [0.717, 1.165) is 7.11 Å². The molecule has 0 amide bonds. The Bertz CT molecular complexity index is 552. The van der Waals surface area contributed by atoms with Crippen molar-refractivity contribution in [2.45, 2.75) is 18.7 Å². The molecule has 0 saturated heterocycles. The van der Waals surface area contributed by atoms with E-state index in [1.54, 1.807) is 6.07 Å². The predicted octanol–water partition coefficient (Wildman–Crippen LogP) is 2.91. The fourth-order valence-corrected chi connectivity index (χ4v) is 1.73. The Hall–Kier alpha value is -1.94. The minimum Gasteiger partial charge on any atom is -0.469 e. The number of methoxy groups -OCH3 is 1. The van der Waals surface area contributed by atoms with E-state index in [-0.39, 0.29) is 22.6 Å². The Morgan fingerprint density at radius 2 is 2.10 bits per heavy atom. The molecule has 1 aromatic carbocycles. The average Bonchev–Trinajstić information content (AvgIpc) is 2.38. The highest BCUT2D eigenvalue weighted by Gasteiger charge is 2.34. The minimum atomic E-state index is -4.96. The van der Waals surface area contributed by atoms with E-state index in [9.17, 15) is 18.0 Å². The third kappa shape index (κ3) is 4.03. The SMILES string of the molecule is COC(=O)Cc1c(C#N)ccc(CCl)c1OC(F)(F)F. The number of carbonyl (C=O) groups is 1. The zero-order valence-corrected chi connectivity index (χ0v) is 11.0. The minimum absolute atomic E-state index is 0.0295.